The first-order valence-electron chi connectivity index (χ1n) is 3.05. The normalized spacial score (nSPS) is 12.2. The Bertz CT molecular complexity index is 190. The molecule has 4 nitrogen and oxygen atoms in total. The van der Waals surface area contributed by atoms with Crippen molar-refractivity contribution < 1.29 is 13.6 Å². The lowest BCUT2D eigenvalue weighted by atomic mass is 10.3. The maximum Gasteiger partial charge on any atom is 0.246 e. The standard InChI is InChI=1S/C6H11NO3S/c1-5(2)6(8)7-3-4-11(9)10/h1,3-4H2,2H3,(H,7,8)(H,9,10). The number of nitrogens with one attached hydrogen (secondary N) is 1. The average molecular weight is 177 g/mol. The number of amides is 1. The maximum atomic E-state index is 10.7. The zero-order chi connectivity index (χ0) is 8.85. The minimum absolute atomic E-state index is 0.0546. The predicted octanol–water partition coefficient (Wildman–Crippen LogP) is -0.0996. The van der Waals surface area contributed by atoms with E-state index in [1.165, 1.54) is 0 Å². The second-order valence-electron chi connectivity index (χ2n) is 2.06. The van der Waals surface area contributed by atoms with Crippen molar-refractivity contribution in [2.45, 2.75) is 6.92 Å². The minimum Gasteiger partial charge on any atom is -0.351 e. The molecular weight excluding hydrogens is 166 g/mol. The van der Waals surface area contributed by atoms with Gasteiger partial charge in [-0.25, -0.2) is 4.21 Å². The molecule has 1 unspecified atom stereocenters. The van der Waals surface area contributed by atoms with Crippen LogP contribution in [-0.2, 0) is 15.9 Å². The lowest BCUT2D eigenvalue weighted by Gasteiger charge is -2.00. The molecule has 0 saturated carbocycles. The predicted molar refractivity (Wildman–Crippen MR) is 43.5 cm³/mol. The molecule has 0 fully saturated rings. The zero-order valence-corrected chi connectivity index (χ0v) is 7.11. The number of carbonyl (C=O) groups excluding carboxylic acids is 1. The largest absolute Gasteiger partial charge is 0.351 e. The van der Waals surface area contributed by atoms with Gasteiger partial charge in [-0.3, -0.25) is 4.79 Å². The Morgan fingerprint density at radius 2 is 2.27 bits per heavy atom. The molecule has 64 valence electrons. The summed E-state index contributed by atoms with van der Waals surface area (Å²) in [6.07, 6.45) is 0. The summed E-state index contributed by atoms with van der Waals surface area (Å²) in [5.74, 6) is -0.227. The quantitative estimate of drug-likeness (QED) is 0.465. The summed E-state index contributed by atoms with van der Waals surface area (Å²) >= 11 is -1.84. The van der Waals surface area contributed by atoms with Crippen LogP contribution in [0.4, 0.5) is 0 Å². The van der Waals surface area contributed by atoms with Crippen LogP contribution in [0, 0.1) is 0 Å². The van der Waals surface area contributed by atoms with Gasteiger partial charge < -0.3 is 9.87 Å². The third-order valence-corrected chi connectivity index (χ3v) is 1.50. The molecule has 0 rings (SSSR count). The molecule has 0 aliphatic rings. The van der Waals surface area contributed by atoms with Crippen LogP contribution >= 0.6 is 0 Å². The molecule has 1 amide bonds. The number of hydrogen-bond acceptors (Lipinski definition) is 2. The van der Waals surface area contributed by atoms with E-state index >= 15 is 0 Å². The summed E-state index contributed by atoms with van der Waals surface area (Å²) < 4.78 is 18.4. The average Bonchev–Trinajstić information content (AvgIpc) is 1.86. The van der Waals surface area contributed by atoms with Crippen LogP contribution in [0.1, 0.15) is 6.92 Å². The third kappa shape index (κ3) is 5.75. The molecule has 11 heavy (non-hydrogen) atoms. The van der Waals surface area contributed by atoms with Gasteiger partial charge in [0.15, 0.2) is 11.1 Å². The topological polar surface area (TPSA) is 66.4 Å². The monoisotopic (exact) mass is 177 g/mol. The van der Waals surface area contributed by atoms with Crippen molar-refractivity contribution in [2.75, 3.05) is 12.3 Å². The molecule has 2 N–H and O–H groups in total. The molecule has 1 atom stereocenters. The second-order valence-corrected chi connectivity index (χ2v) is 3.11. The van der Waals surface area contributed by atoms with Gasteiger partial charge >= 0.3 is 0 Å². The van der Waals surface area contributed by atoms with Crippen molar-refractivity contribution >= 4 is 17.0 Å². The van der Waals surface area contributed by atoms with Gasteiger partial charge in [-0.05, 0) is 6.92 Å². The highest BCUT2D eigenvalue weighted by atomic mass is 32.2. The van der Waals surface area contributed by atoms with Gasteiger partial charge in [-0.1, -0.05) is 6.58 Å². The van der Waals surface area contributed by atoms with E-state index in [0.717, 1.165) is 0 Å². The van der Waals surface area contributed by atoms with Gasteiger partial charge in [0.25, 0.3) is 0 Å². The lowest BCUT2D eigenvalue weighted by molar-refractivity contribution is -0.117. The zero-order valence-electron chi connectivity index (χ0n) is 6.29. The summed E-state index contributed by atoms with van der Waals surface area (Å²) in [7, 11) is 0. The van der Waals surface area contributed by atoms with Crippen LogP contribution in [0.2, 0.25) is 0 Å². The molecule has 0 aromatic carbocycles. The van der Waals surface area contributed by atoms with Gasteiger partial charge in [0, 0.05) is 12.1 Å². The van der Waals surface area contributed by atoms with Crippen LogP contribution in [0.25, 0.3) is 0 Å². The van der Waals surface area contributed by atoms with E-state index in [0.29, 0.717) is 5.57 Å². The highest BCUT2D eigenvalue weighted by molar-refractivity contribution is 7.79. The van der Waals surface area contributed by atoms with E-state index in [2.05, 4.69) is 11.9 Å². The fraction of sp³-hybridized carbons (Fsp3) is 0.500. The Morgan fingerprint density at radius 1 is 1.73 bits per heavy atom. The molecule has 0 aliphatic carbocycles. The van der Waals surface area contributed by atoms with Crippen LogP contribution in [-0.4, -0.2) is 27.0 Å². The highest BCUT2D eigenvalue weighted by Crippen LogP contribution is 1.84. The fourth-order valence-electron chi connectivity index (χ4n) is 0.403. The van der Waals surface area contributed by atoms with E-state index < -0.39 is 11.1 Å². The van der Waals surface area contributed by atoms with Crippen LogP contribution in [0.15, 0.2) is 12.2 Å². The summed E-state index contributed by atoms with van der Waals surface area (Å²) in [6, 6.07) is 0. The van der Waals surface area contributed by atoms with Gasteiger partial charge in [-0.2, -0.15) is 0 Å². The fourth-order valence-corrected chi connectivity index (χ4v) is 0.679. The molecule has 5 heteroatoms. The number of hydrogen-bond donors (Lipinski definition) is 2. The number of carbonyl (C=O) groups is 1. The highest BCUT2D eigenvalue weighted by Gasteiger charge is 2.00. The molecule has 0 spiro atoms. The van der Waals surface area contributed by atoms with E-state index in [9.17, 15) is 9.00 Å². The van der Waals surface area contributed by atoms with Gasteiger partial charge in [0.05, 0.1) is 5.75 Å². The molecule has 0 aromatic heterocycles. The first-order chi connectivity index (χ1) is 5.04. The summed E-state index contributed by atoms with van der Waals surface area (Å²) in [4.78, 5) is 10.7. The first kappa shape index (κ1) is 10.3. The third-order valence-electron chi connectivity index (χ3n) is 0.950. The van der Waals surface area contributed by atoms with Crippen molar-refractivity contribution in [1.29, 1.82) is 0 Å². The van der Waals surface area contributed by atoms with Gasteiger partial charge in [-0.15, -0.1) is 0 Å². The first-order valence-corrected chi connectivity index (χ1v) is 4.32. The van der Waals surface area contributed by atoms with Crippen LogP contribution in [0.5, 0.6) is 0 Å². The second kappa shape index (κ2) is 5.03. The van der Waals surface area contributed by atoms with Gasteiger partial charge in [0.1, 0.15) is 0 Å². The Kier molecular flexibility index (Phi) is 4.72. The Morgan fingerprint density at radius 3 is 2.64 bits per heavy atom. The van der Waals surface area contributed by atoms with Crippen LogP contribution < -0.4 is 5.32 Å². The smallest absolute Gasteiger partial charge is 0.246 e. The van der Waals surface area contributed by atoms with Gasteiger partial charge in [0.2, 0.25) is 5.91 Å². The molecule has 0 radical (unpaired) electrons. The molecular formula is C6H11NO3S. The van der Waals surface area contributed by atoms with Crippen molar-refractivity contribution in [3.8, 4) is 0 Å². The lowest BCUT2D eigenvalue weighted by Crippen LogP contribution is -2.27. The van der Waals surface area contributed by atoms with E-state index in [1.54, 1.807) is 6.92 Å². The van der Waals surface area contributed by atoms with E-state index in [-0.39, 0.29) is 18.2 Å². The molecule has 0 saturated heterocycles. The minimum atomic E-state index is -1.84. The van der Waals surface area contributed by atoms with E-state index in [1.807, 2.05) is 0 Å². The summed E-state index contributed by atoms with van der Waals surface area (Å²) in [6.45, 7) is 5.18. The molecule has 0 heterocycles. The van der Waals surface area contributed by atoms with Crippen molar-refractivity contribution in [3.05, 3.63) is 12.2 Å². The van der Waals surface area contributed by atoms with E-state index in [4.69, 9.17) is 4.55 Å². The Balaban J connectivity index is 3.47. The van der Waals surface area contributed by atoms with Crippen LogP contribution in [0.3, 0.4) is 0 Å². The maximum absolute atomic E-state index is 10.7. The molecule has 0 bridgehead atoms. The van der Waals surface area contributed by atoms with Crippen molar-refractivity contribution in [3.63, 3.8) is 0 Å². The van der Waals surface area contributed by atoms with Crippen molar-refractivity contribution in [2.24, 2.45) is 0 Å². The number of rotatable bonds is 4. The van der Waals surface area contributed by atoms with Crippen molar-refractivity contribution in [1.82, 2.24) is 5.32 Å². The SMILES string of the molecule is C=C(C)C(=O)NCCS(=O)O. The molecule has 0 aliphatic heterocycles. The molecule has 0 aromatic rings. The Hall–Kier alpha value is -0.680. The summed E-state index contributed by atoms with van der Waals surface area (Å²) in [5, 5.41) is 2.42. The summed E-state index contributed by atoms with van der Waals surface area (Å²) in [5.41, 5.74) is 0.397. The Labute approximate surface area is 68.0 Å².